The molecule has 2 aromatic carbocycles. The number of carbonyl (C=O) groups is 2. The highest BCUT2D eigenvalue weighted by molar-refractivity contribution is 7.92. The van der Waals surface area contributed by atoms with Gasteiger partial charge in [-0.15, -0.1) is 0 Å². The first kappa shape index (κ1) is 26.2. The zero-order valence-electron chi connectivity index (χ0n) is 20.0. The summed E-state index contributed by atoms with van der Waals surface area (Å²) >= 11 is 0. The summed E-state index contributed by atoms with van der Waals surface area (Å²) in [5.74, 6) is 0.412. The highest BCUT2D eigenvalue weighted by atomic mass is 32.2. The van der Waals surface area contributed by atoms with Crippen molar-refractivity contribution in [3.8, 4) is 5.75 Å². The predicted octanol–water partition coefficient (Wildman–Crippen LogP) is 3.07. The van der Waals surface area contributed by atoms with Crippen LogP contribution in [0.2, 0.25) is 0 Å². The van der Waals surface area contributed by atoms with Crippen LogP contribution >= 0.6 is 0 Å². The number of benzene rings is 2. The van der Waals surface area contributed by atoms with E-state index in [4.69, 9.17) is 4.74 Å². The maximum Gasteiger partial charge on any atom is 0.253 e. The lowest BCUT2D eigenvalue weighted by molar-refractivity contribution is -0.120. The van der Waals surface area contributed by atoms with Gasteiger partial charge in [0.2, 0.25) is 15.9 Å². The van der Waals surface area contributed by atoms with Crippen LogP contribution in [-0.4, -0.2) is 59.1 Å². The van der Waals surface area contributed by atoms with E-state index in [1.54, 1.807) is 33.3 Å². The van der Waals surface area contributed by atoms with Crippen LogP contribution < -0.4 is 14.4 Å². The molecule has 0 aliphatic heterocycles. The minimum Gasteiger partial charge on any atom is -0.497 e. The van der Waals surface area contributed by atoms with E-state index in [1.165, 1.54) is 17.0 Å². The first-order valence-corrected chi connectivity index (χ1v) is 12.5. The Balaban J connectivity index is 2.23. The monoisotopic (exact) mass is 475 g/mol. The minimum absolute atomic E-state index is 0.193. The molecule has 33 heavy (non-hydrogen) atoms. The molecule has 0 spiro atoms. The Morgan fingerprint density at radius 2 is 1.58 bits per heavy atom. The molecular formula is C24H33N3O5S. The number of nitrogens with one attached hydrogen (secondary N) is 1. The van der Waals surface area contributed by atoms with E-state index in [1.807, 2.05) is 24.3 Å². The van der Waals surface area contributed by atoms with E-state index < -0.39 is 15.9 Å². The number of ether oxygens (including phenoxy) is 1. The molecule has 2 aromatic rings. The third kappa shape index (κ3) is 7.49. The summed E-state index contributed by atoms with van der Waals surface area (Å²) in [6.07, 6.45) is 1.74. The third-order valence-electron chi connectivity index (χ3n) is 5.06. The molecule has 180 valence electrons. The van der Waals surface area contributed by atoms with Gasteiger partial charge in [0.15, 0.2) is 0 Å². The highest BCUT2D eigenvalue weighted by Crippen LogP contribution is 2.24. The van der Waals surface area contributed by atoms with Gasteiger partial charge < -0.3 is 15.0 Å². The van der Waals surface area contributed by atoms with Crippen LogP contribution in [-0.2, 0) is 14.8 Å². The van der Waals surface area contributed by atoms with E-state index in [0.29, 0.717) is 29.3 Å². The van der Waals surface area contributed by atoms with E-state index in [2.05, 4.69) is 19.2 Å². The SMILES string of the molecule is COc1ccc(C(CC(C)C)NC(=O)CN(c2ccc(C(=O)N(C)C)cc2)S(C)(=O)=O)cc1. The molecule has 1 atom stereocenters. The van der Waals surface area contributed by atoms with Crippen molar-refractivity contribution < 1.29 is 22.7 Å². The van der Waals surface area contributed by atoms with Gasteiger partial charge in [-0.25, -0.2) is 8.42 Å². The summed E-state index contributed by atoms with van der Waals surface area (Å²) < 4.78 is 31.1. The number of hydrogen-bond donors (Lipinski definition) is 1. The summed E-state index contributed by atoms with van der Waals surface area (Å²) in [6.45, 7) is 3.74. The number of hydrogen-bond acceptors (Lipinski definition) is 5. The minimum atomic E-state index is -3.73. The maximum atomic E-state index is 12.9. The number of methoxy groups -OCH3 is 1. The Morgan fingerprint density at radius 3 is 2.03 bits per heavy atom. The second kappa shape index (κ2) is 11.2. The fourth-order valence-corrected chi connectivity index (χ4v) is 4.24. The molecule has 0 saturated heterocycles. The van der Waals surface area contributed by atoms with Crippen molar-refractivity contribution in [3.63, 3.8) is 0 Å². The van der Waals surface area contributed by atoms with Gasteiger partial charge in [-0.05, 0) is 54.3 Å². The number of anilines is 1. The summed E-state index contributed by atoms with van der Waals surface area (Å²) in [5.41, 5.74) is 1.65. The summed E-state index contributed by atoms with van der Waals surface area (Å²) in [5, 5.41) is 2.97. The lowest BCUT2D eigenvalue weighted by Gasteiger charge is -2.25. The largest absolute Gasteiger partial charge is 0.497 e. The van der Waals surface area contributed by atoms with Crippen LogP contribution in [0.3, 0.4) is 0 Å². The molecule has 1 N–H and O–H groups in total. The number of carbonyl (C=O) groups excluding carboxylic acids is 2. The Morgan fingerprint density at radius 1 is 1.00 bits per heavy atom. The van der Waals surface area contributed by atoms with Crippen molar-refractivity contribution >= 4 is 27.5 Å². The van der Waals surface area contributed by atoms with E-state index in [-0.39, 0.29) is 18.5 Å². The van der Waals surface area contributed by atoms with Gasteiger partial charge in [0, 0.05) is 19.7 Å². The van der Waals surface area contributed by atoms with E-state index in [0.717, 1.165) is 16.1 Å². The zero-order chi connectivity index (χ0) is 24.8. The molecule has 9 heteroatoms. The number of sulfonamides is 1. The molecule has 0 fully saturated rings. The second-order valence-electron chi connectivity index (χ2n) is 8.54. The average molecular weight is 476 g/mol. The number of amides is 2. The Hall–Kier alpha value is -3.07. The molecule has 0 aliphatic carbocycles. The van der Waals surface area contributed by atoms with Crippen molar-refractivity contribution in [2.24, 2.45) is 5.92 Å². The molecule has 0 radical (unpaired) electrons. The van der Waals surface area contributed by atoms with Gasteiger partial charge in [-0.2, -0.15) is 0 Å². The van der Waals surface area contributed by atoms with Crippen LogP contribution in [0.1, 0.15) is 42.2 Å². The van der Waals surface area contributed by atoms with Crippen LogP contribution in [0.25, 0.3) is 0 Å². The molecule has 0 saturated carbocycles. The van der Waals surface area contributed by atoms with Gasteiger partial charge in [0.1, 0.15) is 12.3 Å². The quantitative estimate of drug-likeness (QED) is 0.570. The lowest BCUT2D eigenvalue weighted by atomic mass is 9.97. The summed E-state index contributed by atoms with van der Waals surface area (Å²) in [7, 11) is 1.13. The topological polar surface area (TPSA) is 96.0 Å². The molecule has 0 aromatic heterocycles. The van der Waals surface area contributed by atoms with Crippen LogP contribution in [0.5, 0.6) is 5.75 Å². The first-order valence-electron chi connectivity index (χ1n) is 10.6. The molecule has 0 aliphatic rings. The van der Waals surface area contributed by atoms with Crippen molar-refractivity contribution in [1.29, 1.82) is 0 Å². The maximum absolute atomic E-state index is 12.9. The number of rotatable bonds is 10. The molecule has 0 heterocycles. The third-order valence-corrected chi connectivity index (χ3v) is 6.20. The van der Waals surface area contributed by atoms with E-state index >= 15 is 0 Å². The van der Waals surface area contributed by atoms with Crippen molar-refractivity contribution in [3.05, 3.63) is 59.7 Å². The van der Waals surface area contributed by atoms with Crippen LogP contribution in [0.4, 0.5) is 5.69 Å². The van der Waals surface area contributed by atoms with Crippen LogP contribution in [0, 0.1) is 5.92 Å². The van der Waals surface area contributed by atoms with Gasteiger partial charge in [0.05, 0.1) is 25.1 Å². The van der Waals surface area contributed by atoms with Gasteiger partial charge in [-0.3, -0.25) is 13.9 Å². The van der Waals surface area contributed by atoms with E-state index in [9.17, 15) is 18.0 Å². The molecule has 0 bridgehead atoms. The fraction of sp³-hybridized carbons (Fsp3) is 0.417. The molecule has 8 nitrogen and oxygen atoms in total. The summed E-state index contributed by atoms with van der Waals surface area (Å²) in [4.78, 5) is 26.5. The van der Waals surface area contributed by atoms with Gasteiger partial charge in [0.25, 0.3) is 5.91 Å². The Kier molecular flexibility index (Phi) is 8.87. The van der Waals surface area contributed by atoms with Crippen molar-refractivity contribution in [1.82, 2.24) is 10.2 Å². The second-order valence-corrected chi connectivity index (χ2v) is 10.4. The first-order chi connectivity index (χ1) is 15.4. The predicted molar refractivity (Wildman–Crippen MR) is 130 cm³/mol. The Bertz CT molecular complexity index is 1050. The molecule has 1 unspecified atom stereocenters. The van der Waals surface area contributed by atoms with Crippen molar-refractivity contribution in [2.75, 3.05) is 38.3 Å². The molecule has 2 rings (SSSR count). The lowest BCUT2D eigenvalue weighted by Crippen LogP contribution is -2.41. The average Bonchev–Trinajstić information content (AvgIpc) is 2.75. The molecule has 2 amide bonds. The zero-order valence-corrected chi connectivity index (χ0v) is 20.8. The normalized spacial score (nSPS) is 12.2. The van der Waals surface area contributed by atoms with Gasteiger partial charge in [-0.1, -0.05) is 26.0 Å². The fourth-order valence-electron chi connectivity index (χ4n) is 3.38. The Labute approximate surface area is 196 Å². The standard InChI is InChI=1S/C24H33N3O5S/c1-17(2)15-22(18-9-13-21(32-5)14-10-18)25-23(28)16-27(33(6,30)31)20-11-7-19(8-12-20)24(29)26(3)4/h7-14,17,22H,15-16H2,1-6H3,(H,25,28). The summed E-state index contributed by atoms with van der Waals surface area (Å²) in [6, 6.07) is 13.3. The van der Waals surface area contributed by atoms with Crippen molar-refractivity contribution in [2.45, 2.75) is 26.3 Å². The molecular weight excluding hydrogens is 442 g/mol. The number of nitrogens with zero attached hydrogens (tertiary/aromatic N) is 2. The highest BCUT2D eigenvalue weighted by Gasteiger charge is 2.24. The van der Waals surface area contributed by atoms with Crippen LogP contribution in [0.15, 0.2) is 48.5 Å². The van der Waals surface area contributed by atoms with Gasteiger partial charge >= 0.3 is 0 Å². The smallest absolute Gasteiger partial charge is 0.253 e.